The topological polar surface area (TPSA) is 78.6 Å². The van der Waals surface area contributed by atoms with Gasteiger partial charge in [-0.3, -0.25) is 15.0 Å². The van der Waals surface area contributed by atoms with Crippen molar-refractivity contribution < 1.29 is 27.6 Å². The number of benzene rings is 1. The zero-order chi connectivity index (χ0) is 16.5. The molecular weight excluding hydrogens is 381 g/mol. The maximum absolute atomic E-state index is 13.5. The minimum Gasteiger partial charge on any atom is -0.502 e. The monoisotopic (exact) mass is 395 g/mol. The Bertz CT molecular complexity index is 583. The van der Waals surface area contributed by atoms with E-state index in [2.05, 4.69) is 5.32 Å². The molecule has 2 N–H and O–H groups in total. The second kappa shape index (κ2) is 8.65. The van der Waals surface area contributed by atoms with Crippen LogP contribution in [0.2, 0.25) is 0 Å². The van der Waals surface area contributed by atoms with Crippen LogP contribution < -0.4 is 5.32 Å². The summed E-state index contributed by atoms with van der Waals surface area (Å²) in [5, 5.41) is 23.4. The molecule has 0 radical (unpaired) electrons. The van der Waals surface area contributed by atoms with Gasteiger partial charge in [0.1, 0.15) is 11.9 Å². The van der Waals surface area contributed by atoms with E-state index in [9.17, 15) is 32.8 Å². The number of piperazine rings is 1. The Balaban J connectivity index is 0.00000264. The molecule has 6 nitrogen and oxygen atoms in total. The maximum Gasteiger partial charge on any atom is 0.408 e. The third-order valence-corrected chi connectivity index (χ3v) is 3.40. The first-order chi connectivity index (χ1) is 10.2. The number of rotatable bonds is 3. The lowest BCUT2D eigenvalue weighted by Crippen LogP contribution is -2.49. The summed E-state index contributed by atoms with van der Waals surface area (Å²) in [5.74, 6) is -2.36. The minimum absolute atomic E-state index is 0. The highest BCUT2D eigenvalue weighted by atomic mass is 35.5. The van der Waals surface area contributed by atoms with E-state index in [4.69, 9.17) is 0 Å². The number of nitrogens with one attached hydrogen (secondary N) is 1. The van der Waals surface area contributed by atoms with Crippen LogP contribution in [0.1, 0.15) is 11.6 Å². The fourth-order valence-corrected chi connectivity index (χ4v) is 2.47. The molecule has 0 amide bonds. The molecule has 24 heavy (non-hydrogen) atoms. The third kappa shape index (κ3) is 4.82. The first-order valence-electron chi connectivity index (χ1n) is 6.40. The molecule has 2 rings (SSSR count). The van der Waals surface area contributed by atoms with E-state index in [0.29, 0.717) is 25.2 Å². The van der Waals surface area contributed by atoms with E-state index in [-0.39, 0.29) is 37.9 Å². The minimum atomic E-state index is -4.81. The number of aromatic hydroxyl groups is 1. The van der Waals surface area contributed by atoms with E-state index >= 15 is 0 Å². The van der Waals surface area contributed by atoms with E-state index in [1.165, 1.54) is 0 Å². The lowest BCUT2D eigenvalue weighted by Gasteiger charge is -2.36. The Labute approximate surface area is 146 Å². The van der Waals surface area contributed by atoms with Crippen LogP contribution in [0.4, 0.5) is 23.2 Å². The lowest BCUT2D eigenvalue weighted by molar-refractivity contribution is -0.386. The van der Waals surface area contributed by atoms with Crippen molar-refractivity contribution in [3.63, 3.8) is 0 Å². The average Bonchev–Trinajstić information content (AvgIpc) is 2.42. The van der Waals surface area contributed by atoms with Gasteiger partial charge >= 0.3 is 11.9 Å². The highest BCUT2D eigenvalue weighted by molar-refractivity contribution is 5.85. The molecule has 1 aliphatic rings. The van der Waals surface area contributed by atoms with Gasteiger partial charge in [-0.15, -0.1) is 24.8 Å². The molecule has 138 valence electrons. The van der Waals surface area contributed by atoms with Crippen LogP contribution in [0.3, 0.4) is 0 Å². The van der Waals surface area contributed by atoms with Gasteiger partial charge in [-0.1, -0.05) is 0 Å². The second-order valence-electron chi connectivity index (χ2n) is 4.85. The lowest BCUT2D eigenvalue weighted by atomic mass is 10.0. The van der Waals surface area contributed by atoms with Gasteiger partial charge in [0.25, 0.3) is 0 Å². The fourth-order valence-electron chi connectivity index (χ4n) is 2.47. The summed E-state index contributed by atoms with van der Waals surface area (Å²) in [6, 6.07) is -1.42. The zero-order valence-corrected chi connectivity index (χ0v) is 13.7. The van der Waals surface area contributed by atoms with Gasteiger partial charge in [0.2, 0.25) is 0 Å². The zero-order valence-electron chi connectivity index (χ0n) is 12.0. The number of hydrogen-bond acceptors (Lipinski definition) is 5. The van der Waals surface area contributed by atoms with Crippen LogP contribution >= 0.6 is 24.8 Å². The Morgan fingerprint density at radius 2 is 1.79 bits per heavy atom. The fraction of sp³-hybridized carbons (Fsp3) is 0.500. The number of alkyl halides is 3. The molecule has 1 heterocycles. The van der Waals surface area contributed by atoms with Crippen LogP contribution in [0, 0.1) is 15.9 Å². The van der Waals surface area contributed by atoms with Crippen LogP contribution in [0.25, 0.3) is 0 Å². The second-order valence-corrected chi connectivity index (χ2v) is 4.85. The van der Waals surface area contributed by atoms with Crippen LogP contribution in [0.5, 0.6) is 5.75 Å². The Morgan fingerprint density at radius 1 is 1.25 bits per heavy atom. The molecular formula is C12H15Cl2F4N3O3. The van der Waals surface area contributed by atoms with Crippen molar-refractivity contribution in [1.29, 1.82) is 0 Å². The van der Waals surface area contributed by atoms with Crippen molar-refractivity contribution in [2.45, 2.75) is 12.2 Å². The molecule has 1 aromatic rings. The first kappa shape index (κ1) is 22.6. The van der Waals surface area contributed by atoms with Gasteiger partial charge < -0.3 is 10.4 Å². The van der Waals surface area contributed by atoms with Crippen LogP contribution in [-0.2, 0) is 0 Å². The van der Waals surface area contributed by atoms with Crippen molar-refractivity contribution >= 4 is 30.5 Å². The van der Waals surface area contributed by atoms with Crippen molar-refractivity contribution in [3.8, 4) is 5.75 Å². The summed E-state index contributed by atoms with van der Waals surface area (Å²) in [4.78, 5) is 10.6. The van der Waals surface area contributed by atoms with Crippen molar-refractivity contribution in [1.82, 2.24) is 10.2 Å². The van der Waals surface area contributed by atoms with E-state index in [0.717, 1.165) is 4.90 Å². The number of nitro benzene ring substituents is 1. The van der Waals surface area contributed by atoms with Gasteiger partial charge in [-0.05, 0) is 6.07 Å². The van der Waals surface area contributed by atoms with Crippen molar-refractivity contribution in [3.05, 3.63) is 33.6 Å². The third-order valence-electron chi connectivity index (χ3n) is 3.40. The molecule has 1 aliphatic heterocycles. The van der Waals surface area contributed by atoms with Gasteiger partial charge in [0.15, 0.2) is 5.75 Å². The maximum atomic E-state index is 13.5. The van der Waals surface area contributed by atoms with Gasteiger partial charge in [-0.25, -0.2) is 4.39 Å². The number of nitrogens with zero attached hydrogens (tertiary/aromatic N) is 2. The van der Waals surface area contributed by atoms with Crippen LogP contribution in [0.15, 0.2) is 12.1 Å². The van der Waals surface area contributed by atoms with Gasteiger partial charge in [0, 0.05) is 31.7 Å². The summed E-state index contributed by atoms with van der Waals surface area (Å²) in [5.41, 5.74) is -1.93. The molecule has 1 saturated heterocycles. The van der Waals surface area contributed by atoms with Crippen molar-refractivity contribution in [2.24, 2.45) is 0 Å². The highest BCUT2D eigenvalue weighted by Gasteiger charge is 2.47. The predicted octanol–water partition coefficient (Wildman–Crippen LogP) is 2.79. The summed E-state index contributed by atoms with van der Waals surface area (Å²) < 4.78 is 53.6. The quantitative estimate of drug-likeness (QED) is 0.467. The molecule has 0 unspecified atom stereocenters. The van der Waals surface area contributed by atoms with Crippen molar-refractivity contribution in [2.75, 3.05) is 26.2 Å². The van der Waals surface area contributed by atoms with Gasteiger partial charge in [-0.2, -0.15) is 13.2 Å². The Hall–Kier alpha value is -1.36. The number of halogens is 6. The predicted molar refractivity (Wildman–Crippen MR) is 82.5 cm³/mol. The van der Waals surface area contributed by atoms with E-state index < -0.39 is 40.0 Å². The molecule has 1 aromatic carbocycles. The molecule has 0 aliphatic carbocycles. The van der Waals surface area contributed by atoms with Crippen LogP contribution in [-0.4, -0.2) is 47.3 Å². The summed E-state index contributed by atoms with van der Waals surface area (Å²) in [6.45, 7) is 0.636. The smallest absolute Gasteiger partial charge is 0.408 e. The molecule has 1 fully saturated rings. The summed E-state index contributed by atoms with van der Waals surface area (Å²) >= 11 is 0. The molecule has 0 bridgehead atoms. The van der Waals surface area contributed by atoms with E-state index in [1.807, 2.05) is 0 Å². The van der Waals surface area contributed by atoms with E-state index in [1.54, 1.807) is 0 Å². The molecule has 1 atom stereocenters. The Kier molecular flexibility index (Phi) is 8.16. The normalized spacial score (nSPS) is 16.7. The number of nitro groups is 1. The summed E-state index contributed by atoms with van der Waals surface area (Å²) in [7, 11) is 0. The largest absolute Gasteiger partial charge is 0.502 e. The highest BCUT2D eigenvalue weighted by Crippen LogP contribution is 2.44. The number of phenols is 1. The summed E-state index contributed by atoms with van der Waals surface area (Å²) in [6.07, 6.45) is -4.81. The Morgan fingerprint density at radius 3 is 2.25 bits per heavy atom. The first-order valence-corrected chi connectivity index (χ1v) is 6.40. The molecule has 0 aromatic heterocycles. The average molecular weight is 396 g/mol. The number of hydrogen-bond donors (Lipinski definition) is 2. The number of phenolic OH excluding ortho intramolecular Hbond substituents is 1. The van der Waals surface area contributed by atoms with Gasteiger partial charge in [0.05, 0.1) is 11.0 Å². The SMILES string of the molecule is Cl.Cl.O=[N+]([O-])c1cc(F)cc([C@H](N2CCNCC2)C(F)(F)F)c1O. The molecule has 12 heteroatoms. The molecule has 0 spiro atoms. The molecule has 0 saturated carbocycles. The standard InChI is InChI=1S/C12H13F4N3O3.2ClH/c13-7-5-8(10(20)9(6-7)19(21)22)11(12(14,15)16)18-3-1-17-2-4-18;;/h5-6,11,17,20H,1-4H2;2*1H/t11-;;/m0../s1.